The third-order valence-electron chi connectivity index (χ3n) is 2.77. The van der Waals surface area contributed by atoms with Crippen LogP contribution in [0.3, 0.4) is 0 Å². The molecule has 21 heavy (non-hydrogen) atoms. The molecule has 2 rings (SSSR count). The van der Waals surface area contributed by atoms with Crippen molar-refractivity contribution in [3.05, 3.63) is 47.5 Å². The van der Waals surface area contributed by atoms with Crippen LogP contribution in [0.2, 0.25) is 0 Å². The van der Waals surface area contributed by atoms with Crippen molar-refractivity contribution in [2.45, 2.75) is 0 Å². The lowest BCUT2D eigenvalue weighted by molar-refractivity contribution is 0.0698. The van der Waals surface area contributed by atoms with E-state index in [0.717, 1.165) is 0 Å². The van der Waals surface area contributed by atoms with Gasteiger partial charge in [-0.2, -0.15) is 5.26 Å². The second-order valence-corrected chi connectivity index (χ2v) is 4.13. The molecule has 0 amide bonds. The van der Waals surface area contributed by atoms with Crippen LogP contribution in [0.4, 0.5) is 5.69 Å². The van der Waals surface area contributed by atoms with Gasteiger partial charge in [-0.25, -0.2) is 4.79 Å². The van der Waals surface area contributed by atoms with Crippen molar-refractivity contribution in [3.8, 4) is 23.3 Å². The van der Waals surface area contributed by atoms with Crippen LogP contribution >= 0.6 is 0 Å². The molecule has 0 atom stereocenters. The van der Waals surface area contributed by atoms with E-state index in [1.165, 1.54) is 25.3 Å². The standard InChI is InChI=1S/C15H12N2O4/c1-20-14-6-9(8-16)2-5-13(14)21-10-3-4-11(15(18)19)12(17)7-10/h2-7H,17H2,1H3,(H,18,19). The van der Waals surface area contributed by atoms with Gasteiger partial charge < -0.3 is 20.3 Å². The van der Waals surface area contributed by atoms with E-state index < -0.39 is 5.97 Å². The number of nitriles is 1. The van der Waals surface area contributed by atoms with E-state index in [4.69, 9.17) is 25.6 Å². The molecule has 0 fully saturated rings. The summed E-state index contributed by atoms with van der Waals surface area (Å²) in [5, 5.41) is 17.8. The van der Waals surface area contributed by atoms with Gasteiger partial charge in [0.05, 0.1) is 24.3 Å². The minimum atomic E-state index is -1.10. The van der Waals surface area contributed by atoms with Gasteiger partial charge >= 0.3 is 5.97 Å². The first kappa shape index (κ1) is 14.2. The van der Waals surface area contributed by atoms with Crippen molar-refractivity contribution in [3.63, 3.8) is 0 Å². The fraction of sp³-hybridized carbons (Fsp3) is 0.0667. The summed E-state index contributed by atoms with van der Waals surface area (Å²) in [5.74, 6) is 0.0735. The van der Waals surface area contributed by atoms with Crippen LogP contribution in [0.1, 0.15) is 15.9 Å². The van der Waals surface area contributed by atoms with Crippen molar-refractivity contribution >= 4 is 11.7 Å². The molecule has 0 saturated heterocycles. The Kier molecular flexibility index (Phi) is 3.95. The van der Waals surface area contributed by atoms with E-state index in [2.05, 4.69) is 0 Å². The largest absolute Gasteiger partial charge is 0.493 e. The van der Waals surface area contributed by atoms with E-state index in [-0.39, 0.29) is 11.3 Å². The Bertz CT molecular complexity index is 735. The SMILES string of the molecule is COc1cc(C#N)ccc1Oc1ccc(C(=O)O)c(N)c1. The Hall–Kier alpha value is -3.20. The van der Waals surface area contributed by atoms with Gasteiger partial charge in [-0.1, -0.05) is 0 Å². The molecule has 0 unspecified atom stereocenters. The lowest BCUT2D eigenvalue weighted by Crippen LogP contribution is -2.02. The fourth-order valence-corrected chi connectivity index (χ4v) is 1.75. The fourth-order valence-electron chi connectivity index (χ4n) is 1.75. The molecular formula is C15H12N2O4. The predicted molar refractivity (Wildman–Crippen MR) is 75.6 cm³/mol. The number of anilines is 1. The number of carbonyl (C=O) groups is 1. The number of nitrogens with zero attached hydrogens (tertiary/aromatic N) is 1. The maximum Gasteiger partial charge on any atom is 0.337 e. The average Bonchev–Trinajstić information content (AvgIpc) is 2.47. The Morgan fingerprint density at radius 1 is 1.24 bits per heavy atom. The predicted octanol–water partition coefficient (Wildman–Crippen LogP) is 2.64. The molecule has 2 aromatic carbocycles. The Labute approximate surface area is 120 Å². The zero-order valence-corrected chi connectivity index (χ0v) is 11.2. The zero-order chi connectivity index (χ0) is 15.4. The summed E-state index contributed by atoms with van der Waals surface area (Å²) in [6.45, 7) is 0. The molecule has 0 saturated carbocycles. The maximum atomic E-state index is 10.9. The average molecular weight is 284 g/mol. The maximum absolute atomic E-state index is 10.9. The Morgan fingerprint density at radius 3 is 2.57 bits per heavy atom. The lowest BCUT2D eigenvalue weighted by atomic mass is 10.1. The summed E-state index contributed by atoms with van der Waals surface area (Å²) in [7, 11) is 1.46. The summed E-state index contributed by atoms with van der Waals surface area (Å²) in [5.41, 5.74) is 6.21. The van der Waals surface area contributed by atoms with Gasteiger partial charge in [0.2, 0.25) is 0 Å². The molecule has 0 spiro atoms. The van der Waals surface area contributed by atoms with Crippen LogP contribution in [0.5, 0.6) is 17.2 Å². The Balaban J connectivity index is 2.32. The van der Waals surface area contributed by atoms with Crippen molar-refractivity contribution in [2.75, 3.05) is 12.8 Å². The summed E-state index contributed by atoms with van der Waals surface area (Å²) in [6, 6.07) is 11.0. The molecule has 0 aromatic heterocycles. The number of methoxy groups -OCH3 is 1. The first-order valence-corrected chi connectivity index (χ1v) is 5.94. The summed E-state index contributed by atoms with van der Waals surface area (Å²) in [6.07, 6.45) is 0. The molecule has 0 aliphatic heterocycles. The van der Waals surface area contributed by atoms with Crippen LogP contribution in [0.15, 0.2) is 36.4 Å². The number of carboxylic acids is 1. The summed E-state index contributed by atoms with van der Waals surface area (Å²) >= 11 is 0. The number of rotatable bonds is 4. The van der Waals surface area contributed by atoms with Crippen LogP contribution < -0.4 is 15.2 Å². The molecule has 6 nitrogen and oxygen atoms in total. The van der Waals surface area contributed by atoms with E-state index in [0.29, 0.717) is 22.8 Å². The van der Waals surface area contributed by atoms with E-state index in [9.17, 15) is 4.79 Å². The highest BCUT2D eigenvalue weighted by Gasteiger charge is 2.11. The molecule has 0 aliphatic rings. The second kappa shape index (κ2) is 5.84. The highest BCUT2D eigenvalue weighted by molar-refractivity contribution is 5.93. The molecule has 106 valence electrons. The van der Waals surface area contributed by atoms with Crippen LogP contribution in [-0.2, 0) is 0 Å². The van der Waals surface area contributed by atoms with Gasteiger partial charge in [-0.3, -0.25) is 0 Å². The molecule has 2 aromatic rings. The van der Waals surface area contributed by atoms with E-state index >= 15 is 0 Å². The summed E-state index contributed by atoms with van der Waals surface area (Å²) in [4.78, 5) is 10.9. The first-order valence-electron chi connectivity index (χ1n) is 5.94. The van der Waals surface area contributed by atoms with Crippen molar-refractivity contribution in [1.82, 2.24) is 0 Å². The third-order valence-corrected chi connectivity index (χ3v) is 2.77. The summed E-state index contributed by atoms with van der Waals surface area (Å²) < 4.78 is 10.8. The molecule has 0 bridgehead atoms. The molecular weight excluding hydrogens is 272 g/mol. The van der Waals surface area contributed by atoms with Gasteiger partial charge in [0, 0.05) is 17.8 Å². The highest BCUT2D eigenvalue weighted by Crippen LogP contribution is 2.33. The highest BCUT2D eigenvalue weighted by atomic mass is 16.5. The number of hydrogen-bond acceptors (Lipinski definition) is 5. The van der Waals surface area contributed by atoms with Gasteiger partial charge in [0.25, 0.3) is 0 Å². The number of ether oxygens (including phenoxy) is 2. The molecule has 3 N–H and O–H groups in total. The number of nitrogens with two attached hydrogens (primary N) is 1. The van der Waals surface area contributed by atoms with Gasteiger partial charge in [-0.15, -0.1) is 0 Å². The van der Waals surface area contributed by atoms with Gasteiger partial charge in [0.15, 0.2) is 11.5 Å². The monoisotopic (exact) mass is 284 g/mol. The number of aromatic carboxylic acids is 1. The van der Waals surface area contributed by atoms with Crippen molar-refractivity contribution in [2.24, 2.45) is 0 Å². The Morgan fingerprint density at radius 2 is 2.00 bits per heavy atom. The van der Waals surface area contributed by atoms with E-state index in [1.807, 2.05) is 6.07 Å². The van der Waals surface area contributed by atoms with Gasteiger partial charge in [0.1, 0.15) is 5.75 Å². The number of hydrogen-bond donors (Lipinski definition) is 2. The van der Waals surface area contributed by atoms with Crippen molar-refractivity contribution in [1.29, 1.82) is 5.26 Å². The second-order valence-electron chi connectivity index (χ2n) is 4.13. The topological polar surface area (TPSA) is 106 Å². The molecule has 0 aliphatic carbocycles. The number of nitrogen functional groups attached to an aromatic ring is 1. The van der Waals surface area contributed by atoms with Crippen molar-refractivity contribution < 1.29 is 19.4 Å². The molecule has 0 radical (unpaired) electrons. The first-order chi connectivity index (χ1) is 10.0. The van der Waals surface area contributed by atoms with Crippen LogP contribution in [-0.4, -0.2) is 18.2 Å². The molecule has 0 heterocycles. The molecule has 6 heteroatoms. The van der Waals surface area contributed by atoms with E-state index in [1.54, 1.807) is 18.2 Å². The smallest absolute Gasteiger partial charge is 0.337 e. The van der Waals surface area contributed by atoms with Crippen LogP contribution in [0, 0.1) is 11.3 Å². The lowest BCUT2D eigenvalue weighted by Gasteiger charge is -2.11. The quantitative estimate of drug-likeness (QED) is 0.836. The van der Waals surface area contributed by atoms with Gasteiger partial charge in [-0.05, 0) is 24.3 Å². The minimum Gasteiger partial charge on any atom is -0.493 e. The van der Waals surface area contributed by atoms with Crippen LogP contribution in [0.25, 0.3) is 0 Å². The number of carboxylic acid groups (broad SMARTS) is 1. The normalized spacial score (nSPS) is 9.71. The zero-order valence-electron chi connectivity index (χ0n) is 11.2. The third kappa shape index (κ3) is 3.04. The minimum absolute atomic E-state index is 0.00847. The number of benzene rings is 2.